The molecule has 1 heterocycles. The summed E-state index contributed by atoms with van der Waals surface area (Å²) in [6.45, 7) is 1.37. The van der Waals surface area contributed by atoms with Crippen molar-refractivity contribution in [1.29, 1.82) is 0 Å². The van der Waals surface area contributed by atoms with E-state index in [4.69, 9.17) is 21.1 Å². The second-order valence-electron chi connectivity index (χ2n) is 5.08. The van der Waals surface area contributed by atoms with Crippen LogP contribution in [0, 0.1) is 3.57 Å². The highest BCUT2D eigenvalue weighted by atomic mass is 127. The van der Waals surface area contributed by atoms with Crippen LogP contribution in [0.2, 0.25) is 5.02 Å². The van der Waals surface area contributed by atoms with E-state index in [1.807, 2.05) is 18.2 Å². The SMILES string of the molecule is O=C(c1ccc(OC2CCOC2)cc1)c1cc(I)ccc1Cl. The smallest absolute Gasteiger partial charge is 0.194 e. The Morgan fingerprint density at radius 2 is 2.00 bits per heavy atom. The molecule has 1 fully saturated rings. The highest BCUT2D eigenvalue weighted by Crippen LogP contribution is 2.24. The zero-order valence-electron chi connectivity index (χ0n) is 11.7. The average molecular weight is 429 g/mol. The van der Waals surface area contributed by atoms with Gasteiger partial charge in [0.05, 0.1) is 18.2 Å². The average Bonchev–Trinajstić information content (AvgIpc) is 3.03. The summed E-state index contributed by atoms with van der Waals surface area (Å²) in [5.41, 5.74) is 1.12. The molecule has 1 unspecified atom stereocenters. The zero-order chi connectivity index (χ0) is 15.5. The maximum atomic E-state index is 12.5. The van der Waals surface area contributed by atoms with E-state index in [0.717, 1.165) is 22.3 Å². The summed E-state index contributed by atoms with van der Waals surface area (Å²) < 4.78 is 12.1. The molecule has 0 saturated carbocycles. The first-order valence-electron chi connectivity index (χ1n) is 6.98. The largest absolute Gasteiger partial charge is 0.488 e. The predicted molar refractivity (Wildman–Crippen MR) is 93.9 cm³/mol. The minimum Gasteiger partial charge on any atom is -0.488 e. The fraction of sp³-hybridized carbons (Fsp3) is 0.235. The van der Waals surface area contributed by atoms with Gasteiger partial charge in [0.15, 0.2) is 5.78 Å². The molecule has 0 aliphatic carbocycles. The second-order valence-corrected chi connectivity index (χ2v) is 6.73. The summed E-state index contributed by atoms with van der Waals surface area (Å²) in [4.78, 5) is 12.5. The van der Waals surface area contributed by atoms with Crippen LogP contribution in [0.1, 0.15) is 22.3 Å². The minimum absolute atomic E-state index is 0.0840. The van der Waals surface area contributed by atoms with E-state index in [0.29, 0.717) is 22.8 Å². The lowest BCUT2D eigenvalue weighted by Crippen LogP contribution is -2.15. The molecular weight excluding hydrogens is 415 g/mol. The molecule has 2 aromatic rings. The molecule has 0 bridgehead atoms. The molecule has 0 spiro atoms. The van der Waals surface area contributed by atoms with E-state index in [9.17, 15) is 4.79 Å². The molecule has 1 aliphatic heterocycles. The molecule has 0 amide bonds. The molecule has 5 heteroatoms. The molecule has 0 aromatic heterocycles. The molecule has 3 nitrogen and oxygen atoms in total. The van der Waals surface area contributed by atoms with E-state index in [-0.39, 0.29) is 11.9 Å². The quantitative estimate of drug-likeness (QED) is 0.537. The van der Waals surface area contributed by atoms with Crippen molar-refractivity contribution in [1.82, 2.24) is 0 Å². The lowest BCUT2D eigenvalue weighted by Gasteiger charge is -2.12. The molecular formula is C17H14ClIO3. The van der Waals surface area contributed by atoms with Gasteiger partial charge in [0, 0.05) is 21.1 Å². The molecule has 0 radical (unpaired) electrons. The van der Waals surface area contributed by atoms with Crippen LogP contribution in [0.3, 0.4) is 0 Å². The van der Waals surface area contributed by atoms with Crippen molar-refractivity contribution in [2.75, 3.05) is 13.2 Å². The summed E-state index contributed by atoms with van der Waals surface area (Å²) in [5, 5.41) is 0.467. The number of ketones is 1. The third-order valence-electron chi connectivity index (χ3n) is 3.48. The zero-order valence-corrected chi connectivity index (χ0v) is 14.6. The summed E-state index contributed by atoms with van der Waals surface area (Å²) in [7, 11) is 0. The Morgan fingerprint density at radius 1 is 1.23 bits per heavy atom. The molecule has 1 atom stereocenters. The summed E-state index contributed by atoms with van der Waals surface area (Å²) in [6, 6.07) is 12.6. The Bertz CT molecular complexity index is 679. The van der Waals surface area contributed by atoms with Crippen molar-refractivity contribution in [2.45, 2.75) is 12.5 Å². The van der Waals surface area contributed by atoms with Crippen molar-refractivity contribution in [2.24, 2.45) is 0 Å². The number of ether oxygens (including phenoxy) is 2. The standard InChI is InChI=1S/C17H14ClIO3/c18-16-6-3-12(19)9-15(16)17(20)11-1-4-13(5-2-11)22-14-7-8-21-10-14/h1-6,9,14H,7-8,10H2. The van der Waals surface area contributed by atoms with Gasteiger partial charge in [-0.05, 0) is 65.1 Å². The van der Waals surface area contributed by atoms with Crippen molar-refractivity contribution in [3.8, 4) is 5.75 Å². The first-order valence-corrected chi connectivity index (χ1v) is 8.43. The fourth-order valence-corrected chi connectivity index (χ4v) is 3.00. The maximum Gasteiger partial charge on any atom is 0.194 e. The van der Waals surface area contributed by atoms with Crippen LogP contribution in [0.4, 0.5) is 0 Å². The summed E-state index contributed by atoms with van der Waals surface area (Å²) in [6.07, 6.45) is 1.00. The third-order valence-corrected chi connectivity index (χ3v) is 4.48. The summed E-state index contributed by atoms with van der Waals surface area (Å²) >= 11 is 8.29. The highest BCUT2D eigenvalue weighted by Gasteiger charge is 2.18. The van der Waals surface area contributed by atoms with Gasteiger partial charge in [-0.15, -0.1) is 0 Å². The third kappa shape index (κ3) is 3.62. The second kappa shape index (κ2) is 6.98. The van der Waals surface area contributed by atoms with Crippen molar-refractivity contribution < 1.29 is 14.3 Å². The molecule has 1 aliphatic rings. The van der Waals surface area contributed by atoms with Gasteiger partial charge < -0.3 is 9.47 Å². The fourth-order valence-electron chi connectivity index (χ4n) is 2.31. The van der Waals surface area contributed by atoms with Crippen LogP contribution in [-0.4, -0.2) is 25.1 Å². The van der Waals surface area contributed by atoms with Crippen molar-refractivity contribution >= 4 is 40.0 Å². The number of carbonyl (C=O) groups is 1. The predicted octanol–water partition coefficient (Wildman–Crippen LogP) is 4.34. The van der Waals surface area contributed by atoms with Crippen molar-refractivity contribution in [3.63, 3.8) is 0 Å². The molecule has 22 heavy (non-hydrogen) atoms. The Balaban J connectivity index is 1.77. The van der Waals surface area contributed by atoms with Crippen LogP contribution in [0.25, 0.3) is 0 Å². The van der Waals surface area contributed by atoms with Gasteiger partial charge in [-0.3, -0.25) is 4.79 Å². The van der Waals surface area contributed by atoms with E-state index >= 15 is 0 Å². The van der Waals surface area contributed by atoms with Gasteiger partial charge in [-0.2, -0.15) is 0 Å². The molecule has 0 N–H and O–H groups in total. The van der Waals surface area contributed by atoms with Crippen LogP contribution >= 0.6 is 34.2 Å². The van der Waals surface area contributed by atoms with E-state index < -0.39 is 0 Å². The Hall–Kier alpha value is -1.11. The Kier molecular flexibility index (Phi) is 5.00. The number of rotatable bonds is 4. The minimum atomic E-state index is -0.0840. The molecule has 3 rings (SSSR count). The van der Waals surface area contributed by atoms with Gasteiger partial charge in [-0.1, -0.05) is 11.6 Å². The number of hydrogen-bond acceptors (Lipinski definition) is 3. The van der Waals surface area contributed by atoms with E-state index in [2.05, 4.69) is 22.6 Å². The number of benzene rings is 2. The van der Waals surface area contributed by atoms with Gasteiger partial charge in [-0.25, -0.2) is 0 Å². The van der Waals surface area contributed by atoms with E-state index in [1.165, 1.54) is 0 Å². The first kappa shape index (κ1) is 15.8. The molecule has 1 saturated heterocycles. The Morgan fingerprint density at radius 3 is 2.68 bits per heavy atom. The molecule has 2 aromatic carbocycles. The van der Waals surface area contributed by atoms with Crippen LogP contribution in [0.5, 0.6) is 5.75 Å². The highest BCUT2D eigenvalue weighted by molar-refractivity contribution is 14.1. The van der Waals surface area contributed by atoms with Gasteiger partial charge in [0.1, 0.15) is 11.9 Å². The topological polar surface area (TPSA) is 35.5 Å². The van der Waals surface area contributed by atoms with Crippen LogP contribution < -0.4 is 4.74 Å². The monoisotopic (exact) mass is 428 g/mol. The normalized spacial score (nSPS) is 17.5. The van der Waals surface area contributed by atoms with Crippen molar-refractivity contribution in [3.05, 3.63) is 62.2 Å². The van der Waals surface area contributed by atoms with Gasteiger partial charge in [0.2, 0.25) is 0 Å². The number of carbonyl (C=O) groups excluding carboxylic acids is 1. The van der Waals surface area contributed by atoms with Gasteiger partial charge >= 0.3 is 0 Å². The lowest BCUT2D eigenvalue weighted by atomic mass is 10.0. The van der Waals surface area contributed by atoms with E-state index in [1.54, 1.807) is 24.3 Å². The van der Waals surface area contributed by atoms with Crippen LogP contribution in [-0.2, 0) is 4.74 Å². The first-order chi connectivity index (χ1) is 10.6. The number of hydrogen-bond donors (Lipinski definition) is 0. The summed E-state index contributed by atoms with van der Waals surface area (Å²) in [5.74, 6) is 0.667. The lowest BCUT2D eigenvalue weighted by molar-refractivity contribution is 0.103. The maximum absolute atomic E-state index is 12.5. The molecule has 114 valence electrons. The Labute approximate surface area is 147 Å². The van der Waals surface area contributed by atoms with Gasteiger partial charge in [0.25, 0.3) is 0 Å². The number of halogens is 2. The van der Waals surface area contributed by atoms with Crippen LogP contribution in [0.15, 0.2) is 42.5 Å².